The van der Waals surface area contributed by atoms with Crippen molar-refractivity contribution in [2.75, 3.05) is 26.2 Å². The van der Waals surface area contributed by atoms with E-state index >= 15 is 0 Å². The Bertz CT molecular complexity index is 264. The molecule has 0 bridgehead atoms. The van der Waals surface area contributed by atoms with Gasteiger partial charge in [-0.1, -0.05) is 0 Å². The zero-order valence-corrected chi connectivity index (χ0v) is 10.3. The van der Waals surface area contributed by atoms with Gasteiger partial charge in [0.25, 0.3) is 0 Å². The highest BCUT2D eigenvalue weighted by Gasteiger charge is 2.26. The Morgan fingerprint density at radius 2 is 2.00 bits per heavy atom. The summed E-state index contributed by atoms with van der Waals surface area (Å²) in [4.78, 5) is 26.4. The van der Waals surface area contributed by atoms with Crippen LogP contribution < -0.4 is 5.32 Å². The van der Waals surface area contributed by atoms with Crippen LogP contribution in [0.5, 0.6) is 0 Å². The maximum Gasteiger partial charge on any atom is 0.317 e. The number of hydrogen-bond donors (Lipinski definition) is 1. The topological polar surface area (TPSA) is 52.7 Å². The van der Waals surface area contributed by atoms with E-state index in [1.54, 1.807) is 16.7 Å². The molecular formula is C11H21N3O2. The average Bonchev–Trinajstić information content (AvgIpc) is 2.68. The lowest BCUT2D eigenvalue weighted by Gasteiger charge is -2.22. The molecule has 1 fully saturated rings. The van der Waals surface area contributed by atoms with Crippen LogP contribution in [0.1, 0.15) is 27.2 Å². The van der Waals surface area contributed by atoms with Crippen molar-refractivity contribution in [1.29, 1.82) is 0 Å². The lowest BCUT2D eigenvalue weighted by Crippen LogP contribution is -2.45. The number of nitrogens with zero attached hydrogens (tertiary/aromatic N) is 2. The third kappa shape index (κ3) is 3.12. The van der Waals surface area contributed by atoms with E-state index in [1.807, 2.05) is 13.8 Å². The summed E-state index contributed by atoms with van der Waals surface area (Å²) in [7, 11) is 0. The minimum Gasteiger partial charge on any atom is -0.341 e. The lowest BCUT2D eigenvalue weighted by molar-refractivity contribution is -0.127. The summed E-state index contributed by atoms with van der Waals surface area (Å²) < 4.78 is 0. The van der Waals surface area contributed by atoms with E-state index in [-0.39, 0.29) is 18.0 Å². The van der Waals surface area contributed by atoms with E-state index < -0.39 is 0 Å². The van der Waals surface area contributed by atoms with Crippen LogP contribution >= 0.6 is 0 Å². The molecule has 0 spiro atoms. The fraction of sp³-hybridized carbons (Fsp3) is 0.818. The molecule has 1 N–H and O–H groups in total. The molecule has 1 aliphatic heterocycles. The van der Waals surface area contributed by atoms with Gasteiger partial charge in [0.2, 0.25) is 5.91 Å². The first-order chi connectivity index (χ1) is 7.58. The summed E-state index contributed by atoms with van der Waals surface area (Å²) in [5.41, 5.74) is 0. The summed E-state index contributed by atoms with van der Waals surface area (Å²) in [6, 6.07) is 0.0809. The maximum atomic E-state index is 11.7. The highest BCUT2D eigenvalue weighted by Crippen LogP contribution is 2.09. The molecule has 1 aliphatic rings. The van der Waals surface area contributed by atoms with Gasteiger partial charge in [0.05, 0.1) is 0 Å². The van der Waals surface area contributed by atoms with E-state index in [0.717, 1.165) is 13.0 Å². The monoisotopic (exact) mass is 227 g/mol. The Balaban J connectivity index is 2.39. The molecule has 0 aromatic carbocycles. The van der Waals surface area contributed by atoms with Crippen LogP contribution in [-0.2, 0) is 4.79 Å². The molecule has 1 unspecified atom stereocenters. The van der Waals surface area contributed by atoms with Crippen molar-refractivity contribution in [3.05, 3.63) is 0 Å². The first-order valence-electron chi connectivity index (χ1n) is 5.89. The largest absolute Gasteiger partial charge is 0.341 e. The third-order valence-corrected chi connectivity index (χ3v) is 3.01. The third-order valence-electron chi connectivity index (χ3n) is 3.01. The number of rotatable bonds is 3. The summed E-state index contributed by atoms with van der Waals surface area (Å²) in [5, 5.41) is 2.96. The van der Waals surface area contributed by atoms with Crippen molar-refractivity contribution in [3.8, 4) is 0 Å². The normalized spacial score (nSPS) is 19.7. The van der Waals surface area contributed by atoms with Crippen LogP contribution in [0.2, 0.25) is 0 Å². The van der Waals surface area contributed by atoms with Crippen molar-refractivity contribution < 1.29 is 9.59 Å². The quantitative estimate of drug-likeness (QED) is 0.770. The molecule has 16 heavy (non-hydrogen) atoms. The van der Waals surface area contributed by atoms with E-state index in [4.69, 9.17) is 0 Å². The number of hydrogen-bond acceptors (Lipinski definition) is 2. The number of amides is 3. The van der Waals surface area contributed by atoms with Crippen LogP contribution in [0.25, 0.3) is 0 Å². The minimum atomic E-state index is -0.0274. The maximum absolute atomic E-state index is 11.7. The van der Waals surface area contributed by atoms with Crippen molar-refractivity contribution in [2.45, 2.75) is 33.2 Å². The van der Waals surface area contributed by atoms with Crippen molar-refractivity contribution >= 4 is 11.9 Å². The molecule has 1 saturated heterocycles. The van der Waals surface area contributed by atoms with Crippen molar-refractivity contribution in [3.63, 3.8) is 0 Å². The van der Waals surface area contributed by atoms with E-state index in [2.05, 4.69) is 5.32 Å². The predicted molar refractivity (Wildman–Crippen MR) is 62.1 cm³/mol. The SMILES string of the molecule is CCN(CC)C(=O)NC1CCN(C(C)=O)C1. The fourth-order valence-electron chi connectivity index (χ4n) is 1.94. The van der Waals surface area contributed by atoms with Gasteiger partial charge in [0.15, 0.2) is 0 Å². The molecule has 92 valence electrons. The second-order valence-corrected chi connectivity index (χ2v) is 4.07. The van der Waals surface area contributed by atoms with Gasteiger partial charge in [-0.25, -0.2) is 4.79 Å². The highest BCUT2D eigenvalue weighted by atomic mass is 16.2. The molecule has 1 rings (SSSR count). The fourth-order valence-corrected chi connectivity index (χ4v) is 1.94. The predicted octanol–water partition coefficient (Wildman–Crippen LogP) is 0.659. The second kappa shape index (κ2) is 5.72. The second-order valence-electron chi connectivity index (χ2n) is 4.07. The summed E-state index contributed by atoms with van der Waals surface area (Å²) >= 11 is 0. The molecule has 0 aliphatic carbocycles. The van der Waals surface area contributed by atoms with Gasteiger partial charge in [-0.15, -0.1) is 0 Å². The smallest absolute Gasteiger partial charge is 0.317 e. The summed E-state index contributed by atoms with van der Waals surface area (Å²) in [5.74, 6) is 0.0830. The van der Waals surface area contributed by atoms with Crippen molar-refractivity contribution in [1.82, 2.24) is 15.1 Å². The molecule has 0 saturated carbocycles. The highest BCUT2D eigenvalue weighted by molar-refractivity contribution is 5.75. The Morgan fingerprint density at radius 3 is 2.44 bits per heavy atom. The number of likely N-dealkylation sites (tertiary alicyclic amines) is 1. The van der Waals surface area contributed by atoms with Gasteiger partial charge in [0.1, 0.15) is 0 Å². The van der Waals surface area contributed by atoms with E-state index in [1.165, 1.54) is 0 Å². The Hall–Kier alpha value is -1.26. The van der Waals surface area contributed by atoms with E-state index in [0.29, 0.717) is 19.6 Å². The van der Waals surface area contributed by atoms with Crippen LogP contribution in [0.15, 0.2) is 0 Å². The van der Waals surface area contributed by atoms with Gasteiger partial charge < -0.3 is 15.1 Å². The van der Waals surface area contributed by atoms with Crippen molar-refractivity contribution in [2.24, 2.45) is 0 Å². The molecule has 0 aromatic heterocycles. The number of carbonyl (C=O) groups excluding carboxylic acids is 2. The number of carbonyl (C=O) groups is 2. The number of urea groups is 1. The number of nitrogens with one attached hydrogen (secondary N) is 1. The molecule has 3 amide bonds. The molecule has 5 heteroatoms. The van der Waals surface area contributed by atoms with Gasteiger partial charge in [-0.2, -0.15) is 0 Å². The van der Waals surface area contributed by atoms with Gasteiger partial charge in [-0.05, 0) is 20.3 Å². The lowest BCUT2D eigenvalue weighted by atomic mass is 10.3. The van der Waals surface area contributed by atoms with E-state index in [9.17, 15) is 9.59 Å². The minimum absolute atomic E-state index is 0.0274. The summed E-state index contributed by atoms with van der Waals surface area (Å²) in [6.07, 6.45) is 0.854. The molecule has 1 heterocycles. The standard InChI is InChI=1S/C11H21N3O2/c1-4-13(5-2)11(16)12-10-6-7-14(8-10)9(3)15/h10H,4-8H2,1-3H3,(H,12,16). The molecule has 0 aromatic rings. The van der Waals surface area contributed by atoms with Gasteiger partial charge in [-0.3, -0.25) is 4.79 Å². The molecular weight excluding hydrogens is 206 g/mol. The molecule has 0 radical (unpaired) electrons. The molecule has 5 nitrogen and oxygen atoms in total. The van der Waals surface area contributed by atoms with Crippen LogP contribution in [0.3, 0.4) is 0 Å². The van der Waals surface area contributed by atoms with Gasteiger partial charge >= 0.3 is 6.03 Å². The Morgan fingerprint density at radius 1 is 1.38 bits per heavy atom. The Labute approximate surface area is 96.8 Å². The first-order valence-corrected chi connectivity index (χ1v) is 5.89. The first kappa shape index (κ1) is 12.8. The Kier molecular flexibility index (Phi) is 4.58. The van der Waals surface area contributed by atoms with Crippen LogP contribution in [0, 0.1) is 0 Å². The summed E-state index contributed by atoms with van der Waals surface area (Å²) in [6.45, 7) is 8.30. The molecule has 1 atom stereocenters. The average molecular weight is 227 g/mol. The zero-order valence-electron chi connectivity index (χ0n) is 10.3. The van der Waals surface area contributed by atoms with Crippen LogP contribution in [0.4, 0.5) is 4.79 Å². The van der Waals surface area contributed by atoms with Crippen LogP contribution in [-0.4, -0.2) is 54.0 Å². The zero-order chi connectivity index (χ0) is 12.1. The van der Waals surface area contributed by atoms with Gasteiger partial charge in [0, 0.05) is 39.1 Å².